The van der Waals surface area contributed by atoms with Gasteiger partial charge < -0.3 is 20.5 Å². The molecule has 0 atom stereocenters. The van der Waals surface area contributed by atoms with Gasteiger partial charge in [0.15, 0.2) is 5.65 Å². The van der Waals surface area contributed by atoms with Gasteiger partial charge in [-0.25, -0.2) is 9.50 Å². The molecule has 36 heavy (non-hydrogen) atoms. The number of nitrogens with one attached hydrogen (secondary N) is 1. The first-order valence-electron chi connectivity index (χ1n) is 12.1. The van der Waals surface area contributed by atoms with Crippen LogP contribution in [0.4, 0.5) is 5.69 Å². The number of hydrogen-bond acceptors (Lipinski definition) is 7. The van der Waals surface area contributed by atoms with Crippen LogP contribution in [0.1, 0.15) is 21.5 Å². The van der Waals surface area contributed by atoms with Crippen LogP contribution < -0.4 is 15.8 Å². The number of aromatic nitrogens is 3. The molecule has 2 aromatic heterocycles. The number of carbonyl (C=O) groups excluding carboxylic acids is 1. The minimum absolute atomic E-state index is 0.448. The lowest BCUT2D eigenvalue weighted by Crippen LogP contribution is -2.39. The Balaban J connectivity index is 1.50. The first-order valence-corrected chi connectivity index (χ1v) is 12.1. The average Bonchev–Trinajstić information content (AvgIpc) is 3.30. The van der Waals surface area contributed by atoms with Crippen molar-refractivity contribution in [1.82, 2.24) is 19.5 Å². The summed E-state index contributed by atoms with van der Waals surface area (Å²) in [6.07, 6.45) is 1.78. The van der Waals surface area contributed by atoms with Crippen LogP contribution in [0, 0.1) is 13.8 Å². The van der Waals surface area contributed by atoms with Gasteiger partial charge in [0.25, 0.3) is 0 Å². The molecule has 1 aliphatic heterocycles. The minimum atomic E-state index is -0.448. The molecule has 3 N–H and O–H groups in total. The SMILES string of the molecule is Cc1ccccc1Oc1cc(NCCN2CCOCC2)c2ncc(-c3ccc(C(N)=O)c(C)c3)n2n1. The van der Waals surface area contributed by atoms with Crippen molar-refractivity contribution in [2.45, 2.75) is 13.8 Å². The number of amides is 1. The van der Waals surface area contributed by atoms with Gasteiger partial charge in [-0.3, -0.25) is 9.69 Å². The van der Waals surface area contributed by atoms with E-state index in [4.69, 9.17) is 20.3 Å². The molecule has 0 bridgehead atoms. The van der Waals surface area contributed by atoms with E-state index in [2.05, 4.69) is 15.2 Å². The van der Waals surface area contributed by atoms with Gasteiger partial charge in [-0.05, 0) is 43.2 Å². The number of ether oxygens (including phenoxy) is 2. The fourth-order valence-electron chi connectivity index (χ4n) is 4.38. The number of carbonyl (C=O) groups is 1. The Morgan fingerprint density at radius 3 is 2.67 bits per heavy atom. The number of morpholine rings is 1. The van der Waals surface area contributed by atoms with Crippen molar-refractivity contribution in [1.29, 1.82) is 0 Å². The highest BCUT2D eigenvalue weighted by atomic mass is 16.5. The molecule has 0 aliphatic carbocycles. The van der Waals surface area contributed by atoms with Crippen LogP contribution in [0.25, 0.3) is 16.9 Å². The van der Waals surface area contributed by atoms with Gasteiger partial charge in [0.2, 0.25) is 11.8 Å². The molecule has 1 amide bonds. The molecule has 9 nitrogen and oxygen atoms in total. The standard InChI is InChI=1S/C27H30N6O3/c1-18-5-3-4-6-24(18)36-25-16-22(29-9-10-32-11-13-35-14-12-32)27-30-17-23(33(27)31-25)20-7-8-21(26(28)34)19(2)15-20/h3-8,15-17,29H,9-14H2,1-2H3,(H2,28,34). The first-order chi connectivity index (χ1) is 17.5. The Morgan fingerprint density at radius 1 is 1.11 bits per heavy atom. The van der Waals surface area contributed by atoms with Crippen LogP contribution in [-0.2, 0) is 4.74 Å². The Bertz CT molecular complexity index is 1390. The molecule has 0 saturated carbocycles. The Labute approximate surface area is 209 Å². The molecule has 1 saturated heterocycles. The summed E-state index contributed by atoms with van der Waals surface area (Å²) in [5.74, 6) is 0.748. The number of nitrogens with two attached hydrogens (primary N) is 1. The van der Waals surface area contributed by atoms with E-state index in [1.807, 2.05) is 56.3 Å². The molecule has 186 valence electrons. The Hall–Kier alpha value is -3.95. The predicted molar refractivity (Wildman–Crippen MR) is 139 cm³/mol. The van der Waals surface area contributed by atoms with E-state index in [0.717, 1.165) is 73.2 Å². The summed E-state index contributed by atoms with van der Waals surface area (Å²) >= 11 is 0. The zero-order valence-corrected chi connectivity index (χ0v) is 20.5. The van der Waals surface area contributed by atoms with Crippen LogP contribution in [0.3, 0.4) is 0 Å². The van der Waals surface area contributed by atoms with E-state index < -0.39 is 5.91 Å². The molecular weight excluding hydrogens is 456 g/mol. The summed E-state index contributed by atoms with van der Waals surface area (Å²) < 4.78 is 13.4. The third-order valence-corrected chi connectivity index (χ3v) is 6.39. The maximum atomic E-state index is 11.7. The summed E-state index contributed by atoms with van der Waals surface area (Å²) in [6, 6.07) is 15.2. The second kappa shape index (κ2) is 10.3. The molecule has 2 aromatic carbocycles. The zero-order chi connectivity index (χ0) is 25.1. The number of aryl methyl sites for hydroxylation is 2. The lowest BCUT2D eigenvalue weighted by Gasteiger charge is -2.26. The number of benzene rings is 2. The highest BCUT2D eigenvalue weighted by molar-refractivity contribution is 5.94. The average molecular weight is 487 g/mol. The molecule has 1 aliphatic rings. The van der Waals surface area contributed by atoms with Crippen molar-refractivity contribution >= 4 is 17.2 Å². The normalized spacial score (nSPS) is 14.2. The number of rotatable bonds is 8. The van der Waals surface area contributed by atoms with Crippen molar-refractivity contribution in [3.63, 3.8) is 0 Å². The summed E-state index contributed by atoms with van der Waals surface area (Å²) in [4.78, 5) is 18.7. The number of fused-ring (bicyclic) bond motifs is 1. The first kappa shape index (κ1) is 23.8. The largest absolute Gasteiger partial charge is 0.437 e. The molecule has 0 radical (unpaired) electrons. The highest BCUT2D eigenvalue weighted by Crippen LogP contribution is 2.30. The molecule has 0 unspecified atom stereocenters. The summed E-state index contributed by atoms with van der Waals surface area (Å²) in [7, 11) is 0. The smallest absolute Gasteiger partial charge is 0.248 e. The molecule has 1 fully saturated rings. The number of anilines is 1. The summed E-state index contributed by atoms with van der Waals surface area (Å²) in [5.41, 5.74) is 11.0. The maximum Gasteiger partial charge on any atom is 0.248 e. The second-order valence-corrected chi connectivity index (χ2v) is 8.92. The highest BCUT2D eigenvalue weighted by Gasteiger charge is 2.17. The van der Waals surface area contributed by atoms with E-state index >= 15 is 0 Å². The van der Waals surface area contributed by atoms with Gasteiger partial charge >= 0.3 is 0 Å². The number of nitrogens with zero attached hydrogens (tertiary/aromatic N) is 4. The van der Waals surface area contributed by atoms with Gasteiger partial charge in [-0.1, -0.05) is 24.3 Å². The second-order valence-electron chi connectivity index (χ2n) is 8.92. The predicted octanol–water partition coefficient (Wildman–Crippen LogP) is 3.65. The number of hydrogen-bond donors (Lipinski definition) is 2. The number of imidazole rings is 1. The number of primary amides is 1. The zero-order valence-electron chi connectivity index (χ0n) is 20.5. The summed E-state index contributed by atoms with van der Waals surface area (Å²) in [5, 5.41) is 8.30. The van der Waals surface area contributed by atoms with Crippen molar-refractivity contribution in [2.75, 3.05) is 44.7 Å². The Morgan fingerprint density at radius 2 is 1.92 bits per heavy atom. The minimum Gasteiger partial charge on any atom is -0.437 e. The lowest BCUT2D eigenvalue weighted by atomic mass is 10.0. The maximum absolute atomic E-state index is 11.7. The molecule has 3 heterocycles. The van der Waals surface area contributed by atoms with E-state index in [1.54, 1.807) is 16.8 Å². The molecule has 9 heteroatoms. The monoisotopic (exact) mass is 486 g/mol. The fraction of sp³-hybridized carbons (Fsp3) is 0.296. The van der Waals surface area contributed by atoms with E-state index in [1.165, 1.54) is 0 Å². The van der Waals surface area contributed by atoms with Gasteiger partial charge in [0.1, 0.15) is 5.75 Å². The van der Waals surface area contributed by atoms with E-state index in [9.17, 15) is 4.79 Å². The molecule has 4 aromatic rings. The lowest BCUT2D eigenvalue weighted by molar-refractivity contribution is 0.0398. The van der Waals surface area contributed by atoms with Crippen LogP contribution in [0.5, 0.6) is 11.6 Å². The third-order valence-electron chi connectivity index (χ3n) is 6.39. The van der Waals surface area contributed by atoms with Gasteiger partial charge in [0.05, 0.1) is 30.8 Å². The molecule has 5 rings (SSSR count). The van der Waals surface area contributed by atoms with Gasteiger partial charge in [-0.15, -0.1) is 5.10 Å². The molecular formula is C27H30N6O3. The Kier molecular flexibility index (Phi) is 6.84. The van der Waals surface area contributed by atoms with Crippen molar-refractivity contribution < 1.29 is 14.3 Å². The van der Waals surface area contributed by atoms with Crippen LogP contribution in [0.2, 0.25) is 0 Å². The van der Waals surface area contributed by atoms with E-state index in [0.29, 0.717) is 17.1 Å². The van der Waals surface area contributed by atoms with Crippen LogP contribution in [-0.4, -0.2) is 64.8 Å². The van der Waals surface area contributed by atoms with Crippen molar-refractivity contribution in [2.24, 2.45) is 5.73 Å². The van der Waals surface area contributed by atoms with Gasteiger partial charge in [0, 0.05) is 43.4 Å². The summed E-state index contributed by atoms with van der Waals surface area (Å²) in [6.45, 7) is 8.92. The molecule has 0 spiro atoms. The quantitative estimate of drug-likeness (QED) is 0.391. The number of para-hydroxylation sites is 1. The van der Waals surface area contributed by atoms with Crippen LogP contribution >= 0.6 is 0 Å². The van der Waals surface area contributed by atoms with Gasteiger partial charge in [-0.2, -0.15) is 0 Å². The third kappa shape index (κ3) is 5.02. The van der Waals surface area contributed by atoms with Crippen LogP contribution in [0.15, 0.2) is 54.7 Å². The topological polar surface area (TPSA) is 107 Å². The fourth-order valence-corrected chi connectivity index (χ4v) is 4.38. The van der Waals surface area contributed by atoms with Crippen molar-refractivity contribution in [3.05, 3.63) is 71.4 Å². The van der Waals surface area contributed by atoms with E-state index in [-0.39, 0.29) is 0 Å². The van der Waals surface area contributed by atoms with Crippen molar-refractivity contribution in [3.8, 4) is 22.9 Å².